The molecule has 0 bridgehead atoms. The highest BCUT2D eigenvalue weighted by molar-refractivity contribution is 7.91. The van der Waals surface area contributed by atoms with Crippen LogP contribution >= 0.6 is 0 Å². The van der Waals surface area contributed by atoms with Gasteiger partial charge in [0.2, 0.25) is 0 Å². The highest BCUT2D eigenvalue weighted by Crippen LogP contribution is 2.30. The first-order chi connectivity index (χ1) is 19.9. The van der Waals surface area contributed by atoms with E-state index >= 15 is 0 Å². The van der Waals surface area contributed by atoms with Crippen LogP contribution in [-0.2, 0) is 21.1 Å². The van der Waals surface area contributed by atoms with E-state index in [-0.39, 0.29) is 21.9 Å². The van der Waals surface area contributed by atoms with Crippen LogP contribution in [-0.4, -0.2) is 47.3 Å². The SMILES string of the molecule is CCc1c(-c2ccc(OC(F)F)c(F)c2)nc2cc(N(N)C(=O)N[C@@H](C(=O)O)c3ccc(S(=O)(=O)CC)cc3)ccn12. The number of nitrogens with zero attached hydrogens (tertiary/aromatic N) is 3. The van der Waals surface area contributed by atoms with Gasteiger partial charge < -0.3 is 19.6 Å². The Labute approximate surface area is 238 Å². The number of hydrazine groups is 1. The monoisotopic (exact) mass is 605 g/mol. The Hall–Kier alpha value is -4.63. The van der Waals surface area contributed by atoms with Gasteiger partial charge in [-0.3, -0.25) is 0 Å². The normalized spacial score (nSPS) is 12.4. The first kappa shape index (κ1) is 30.3. The van der Waals surface area contributed by atoms with Crippen molar-refractivity contribution in [3.05, 3.63) is 77.9 Å². The number of pyridine rings is 1. The van der Waals surface area contributed by atoms with Crippen molar-refractivity contribution in [1.82, 2.24) is 14.7 Å². The van der Waals surface area contributed by atoms with Crippen molar-refractivity contribution in [2.45, 2.75) is 37.8 Å². The van der Waals surface area contributed by atoms with Gasteiger partial charge in [-0.25, -0.2) is 38.2 Å². The first-order valence-corrected chi connectivity index (χ1v) is 14.2. The molecule has 11 nitrogen and oxygen atoms in total. The fourth-order valence-corrected chi connectivity index (χ4v) is 5.16. The minimum Gasteiger partial charge on any atom is -0.479 e. The Morgan fingerprint density at radius 3 is 2.38 bits per heavy atom. The van der Waals surface area contributed by atoms with Crippen LogP contribution in [0.25, 0.3) is 16.9 Å². The van der Waals surface area contributed by atoms with Crippen molar-refractivity contribution in [2.24, 2.45) is 5.84 Å². The number of hydrogen-bond donors (Lipinski definition) is 3. The summed E-state index contributed by atoms with van der Waals surface area (Å²) in [5, 5.41) is 12.7. The average molecular weight is 606 g/mol. The van der Waals surface area contributed by atoms with Crippen LogP contribution in [0.5, 0.6) is 5.75 Å². The molecule has 2 heterocycles. The molecule has 0 aliphatic heterocycles. The molecule has 0 spiro atoms. The fourth-order valence-electron chi connectivity index (χ4n) is 4.28. The Morgan fingerprint density at radius 1 is 1.12 bits per heavy atom. The molecule has 4 aromatic rings. The Kier molecular flexibility index (Phi) is 8.72. The number of amides is 2. The number of aromatic nitrogens is 2. The average Bonchev–Trinajstić information content (AvgIpc) is 3.34. The maximum atomic E-state index is 14.4. The Balaban J connectivity index is 1.60. The lowest BCUT2D eigenvalue weighted by Crippen LogP contribution is -2.47. The molecule has 15 heteroatoms. The number of imidazole rings is 1. The molecule has 4 rings (SSSR count). The molecule has 4 N–H and O–H groups in total. The van der Waals surface area contributed by atoms with Gasteiger partial charge in [0.1, 0.15) is 5.65 Å². The fraction of sp³-hybridized carbons (Fsp3) is 0.222. The number of aliphatic carboxylic acids is 1. The molecular formula is C27H26F3N5O6S. The number of benzene rings is 2. The van der Waals surface area contributed by atoms with Gasteiger partial charge in [-0.15, -0.1) is 0 Å². The number of nitrogens with one attached hydrogen (secondary N) is 1. The van der Waals surface area contributed by atoms with Gasteiger partial charge in [-0.2, -0.15) is 8.78 Å². The lowest BCUT2D eigenvalue weighted by Gasteiger charge is -2.21. The van der Waals surface area contributed by atoms with Crippen LogP contribution in [0.15, 0.2) is 65.7 Å². The zero-order chi connectivity index (χ0) is 30.8. The predicted molar refractivity (Wildman–Crippen MR) is 146 cm³/mol. The van der Waals surface area contributed by atoms with Gasteiger partial charge >= 0.3 is 18.6 Å². The van der Waals surface area contributed by atoms with E-state index in [1.807, 2.05) is 6.92 Å². The molecule has 222 valence electrons. The number of nitrogens with two attached hydrogens (primary N) is 1. The maximum Gasteiger partial charge on any atom is 0.387 e. The number of hydrogen-bond acceptors (Lipinski definition) is 7. The third-order valence-electron chi connectivity index (χ3n) is 6.43. The van der Waals surface area contributed by atoms with Crippen molar-refractivity contribution in [3.8, 4) is 17.0 Å². The Morgan fingerprint density at radius 2 is 1.81 bits per heavy atom. The molecule has 0 saturated carbocycles. The van der Waals surface area contributed by atoms with Gasteiger partial charge in [0, 0.05) is 17.8 Å². The number of alkyl halides is 2. The second-order valence-electron chi connectivity index (χ2n) is 8.96. The molecule has 42 heavy (non-hydrogen) atoms. The molecule has 0 radical (unpaired) electrons. The number of aryl methyl sites for hydroxylation is 1. The number of fused-ring (bicyclic) bond motifs is 1. The quantitative estimate of drug-likeness (QED) is 0.137. The van der Waals surface area contributed by atoms with E-state index in [1.165, 1.54) is 49.4 Å². The molecule has 2 aromatic heterocycles. The van der Waals surface area contributed by atoms with E-state index in [0.717, 1.165) is 12.1 Å². The number of urea groups is 1. The van der Waals surface area contributed by atoms with Crippen LogP contribution in [0.3, 0.4) is 0 Å². The molecule has 1 atom stereocenters. The van der Waals surface area contributed by atoms with E-state index in [1.54, 1.807) is 10.6 Å². The van der Waals surface area contributed by atoms with E-state index in [9.17, 15) is 36.3 Å². The summed E-state index contributed by atoms with van der Waals surface area (Å²) in [6, 6.07) is 9.02. The second kappa shape index (κ2) is 12.1. The minimum atomic E-state index is -3.50. The third kappa shape index (κ3) is 6.16. The second-order valence-corrected chi connectivity index (χ2v) is 11.2. The molecule has 0 fully saturated rings. The number of carboxylic acid groups (broad SMARTS) is 1. The van der Waals surface area contributed by atoms with Crippen molar-refractivity contribution in [1.29, 1.82) is 0 Å². The molecule has 0 aliphatic rings. The number of halogens is 3. The zero-order valence-corrected chi connectivity index (χ0v) is 23.1. The van der Waals surface area contributed by atoms with Crippen molar-refractivity contribution >= 4 is 33.2 Å². The number of ether oxygens (including phenoxy) is 1. The van der Waals surface area contributed by atoms with Crippen LogP contribution in [0.4, 0.5) is 23.7 Å². The van der Waals surface area contributed by atoms with Gasteiger partial charge in [0.25, 0.3) is 0 Å². The predicted octanol–water partition coefficient (Wildman–Crippen LogP) is 4.31. The molecule has 2 amide bonds. The lowest BCUT2D eigenvalue weighted by molar-refractivity contribution is -0.139. The van der Waals surface area contributed by atoms with Crippen molar-refractivity contribution in [2.75, 3.05) is 10.8 Å². The van der Waals surface area contributed by atoms with Crippen molar-refractivity contribution in [3.63, 3.8) is 0 Å². The van der Waals surface area contributed by atoms with E-state index in [4.69, 9.17) is 5.84 Å². The molecule has 2 aromatic carbocycles. The Bertz CT molecular complexity index is 1750. The first-order valence-electron chi connectivity index (χ1n) is 12.5. The van der Waals surface area contributed by atoms with E-state index in [2.05, 4.69) is 15.0 Å². The number of carbonyl (C=O) groups excluding carboxylic acids is 1. The summed E-state index contributed by atoms with van der Waals surface area (Å²) in [6.07, 6.45) is 2.03. The van der Waals surface area contributed by atoms with Crippen LogP contribution in [0, 0.1) is 5.82 Å². The summed E-state index contributed by atoms with van der Waals surface area (Å²) in [7, 11) is -3.50. The largest absolute Gasteiger partial charge is 0.479 e. The van der Waals surface area contributed by atoms with Gasteiger partial charge in [0.05, 0.1) is 27.7 Å². The molecule has 0 saturated heterocycles. The van der Waals surface area contributed by atoms with Crippen LogP contribution in [0.1, 0.15) is 31.1 Å². The van der Waals surface area contributed by atoms with Crippen LogP contribution in [0.2, 0.25) is 0 Å². The molecule has 0 aliphatic carbocycles. The number of carboxylic acids is 1. The van der Waals surface area contributed by atoms with Gasteiger partial charge in [-0.05, 0) is 48.4 Å². The topological polar surface area (TPSA) is 156 Å². The summed E-state index contributed by atoms with van der Waals surface area (Å²) >= 11 is 0. The summed E-state index contributed by atoms with van der Waals surface area (Å²) < 4.78 is 69.4. The summed E-state index contributed by atoms with van der Waals surface area (Å²) in [5.41, 5.74) is 1.91. The number of sulfone groups is 1. The maximum absolute atomic E-state index is 14.4. The molecular weight excluding hydrogens is 579 g/mol. The third-order valence-corrected chi connectivity index (χ3v) is 8.18. The number of anilines is 1. The summed E-state index contributed by atoms with van der Waals surface area (Å²) in [6.45, 7) is 0.136. The van der Waals surface area contributed by atoms with E-state index in [0.29, 0.717) is 34.0 Å². The standard InChI is InChI=1S/C27H26F3N5O6S/c1-3-20-23(16-7-10-21(19(28)13-16)41-26(29)30)32-22-14-17(11-12-34(20)22)35(31)27(38)33-24(25(36)37)15-5-8-18(9-6-15)42(39,40)4-2/h5-14,24,26H,3-4,31H2,1-2H3,(H,33,38)(H,36,37)/t24-/m1/s1. The van der Waals surface area contributed by atoms with Crippen LogP contribution < -0.4 is 20.9 Å². The summed E-state index contributed by atoms with van der Waals surface area (Å²) in [5.74, 6) is 2.87. The highest BCUT2D eigenvalue weighted by Gasteiger charge is 2.26. The smallest absolute Gasteiger partial charge is 0.387 e. The summed E-state index contributed by atoms with van der Waals surface area (Å²) in [4.78, 5) is 29.4. The van der Waals surface area contributed by atoms with Crippen molar-refractivity contribution < 1.29 is 41.0 Å². The molecule has 0 unspecified atom stereocenters. The number of carbonyl (C=O) groups is 2. The lowest BCUT2D eigenvalue weighted by atomic mass is 10.1. The zero-order valence-electron chi connectivity index (χ0n) is 22.3. The number of rotatable bonds is 10. The van der Waals surface area contributed by atoms with E-state index < -0.39 is 46.1 Å². The highest BCUT2D eigenvalue weighted by atomic mass is 32.2. The van der Waals surface area contributed by atoms with Gasteiger partial charge in [0.15, 0.2) is 27.4 Å². The van der Waals surface area contributed by atoms with Gasteiger partial charge in [-0.1, -0.05) is 26.0 Å². The minimum absolute atomic E-state index is 0.0173.